The molecule has 2 heteroatoms. The van der Waals surface area contributed by atoms with Gasteiger partial charge < -0.3 is 0 Å². The Kier molecular flexibility index (Phi) is 6.58. The van der Waals surface area contributed by atoms with Gasteiger partial charge in [-0.3, -0.25) is 4.79 Å². The van der Waals surface area contributed by atoms with Crippen molar-refractivity contribution in [1.82, 2.24) is 0 Å². The Labute approximate surface area is 170 Å². The Bertz CT molecular complexity index is 607. The molecule has 4 rings (SSSR count). The van der Waals surface area contributed by atoms with Crippen molar-refractivity contribution in [3.63, 3.8) is 0 Å². The highest BCUT2D eigenvalue weighted by atomic mass is 35.5. The van der Waals surface area contributed by atoms with Crippen LogP contribution in [0.1, 0.15) is 141 Å². The molecule has 148 valence electrons. The van der Waals surface area contributed by atoms with Crippen LogP contribution in [0.5, 0.6) is 0 Å². The van der Waals surface area contributed by atoms with Crippen LogP contribution in [-0.4, -0.2) is 5.24 Å². The molecule has 0 spiro atoms. The summed E-state index contributed by atoms with van der Waals surface area (Å²) in [7, 11) is 0. The molecule has 1 aromatic rings. The largest absolute Gasteiger partial charge is 0.276 e. The highest BCUT2D eigenvalue weighted by Gasteiger charge is 2.29. The summed E-state index contributed by atoms with van der Waals surface area (Å²) in [6.45, 7) is 0. The molecular weight excluding hydrogens is 352 g/mol. The number of hydrogen-bond acceptors (Lipinski definition) is 1. The van der Waals surface area contributed by atoms with Crippen molar-refractivity contribution in [3.8, 4) is 0 Å². The minimum atomic E-state index is -0.202. The van der Waals surface area contributed by atoms with Gasteiger partial charge in [-0.15, -0.1) is 0 Å². The highest BCUT2D eigenvalue weighted by molar-refractivity contribution is 6.68. The van der Waals surface area contributed by atoms with Crippen LogP contribution >= 0.6 is 11.6 Å². The smallest absolute Gasteiger partial charge is 0.252 e. The number of hydrogen-bond donors (Lipinski definition) is 0. The number of rotatable bonds is 4. The Morgan fingerprint density at radius 2 is 1.00 bits per heavy atom. The van der Waals surface area contributed by atoms with Crippen LogP contribution in [-0.2, 0) is 0 Å². The van der Waals surface area contributed by atoms with Crippen LogP contribution in [0.15, 0.2) is 12.1 Å². The van der Waals surface area contributed by atoms with E-state index >= 15 is 0 Å². The first kappa shape index (κ1) is 19.5. The van der Waals surface area contributed by atoms with Gasteiger partial charge in [0, 0.05) is 5.56 Å². The molecule has 0 unspecified atom stereocenters. The molecule has 3 aliphatic rings. The van der Waals surface area contributed by atoms with E-state index in [1.807, 2.05) is 0 Å². The van der Waals surface area contributed by atoms with E-state index in [1.54, 1.807) is 0 Å². The van der Waals surface area contributed by atoms with E-state index in [0.717, 1.165) is 5.56 Å². The second-order valence-corrected chi connectivity index (χ2v) is 9.70. The Hall–Kier alpha value is -0.820. The maximum atomic E-state index is 12.6. The molecule has 27 heavy (non-hydrogen) atoms. The molecule has 0 aromatic heterocycles. The summed E-state index contributed by atoms with van der Waals surface area (Å²) >= 11 is 6.25. The van der Waals surface area contributed by atoms with E-state index in [9.17, 15) is 4.79 Å². The fourth-order valence-electron chi connectivity index (χ4n) is 6.08. The SMILES string of the molecule is O=C(Cl)c1c(C2CCCCC2)cc(C2CCCCC2)cc1C1CCCCC1. The summed E-state index contributed by atoms with van der Waals surface area (Å²) in [5.74, 6) is 1.78. The molecule has 0 amide bonds. The second-order valence-electron chi connectivity index (χ2n) is 9.35. The van der Waals surface area contributed by atoms with Gasteiger partial charge in [0.15, 0.2) is 0 Å². The maximum Gasteiger partial charge on any atom is 0.252 e. The van der Waals surface area contributed by atoms with Crippen LogP contribution in [0.3, 0.4) is 0 Å². The van der Waals surface area contributed by atoms with Crippen LogP contribution < -0.4 is 0 Å². The Morgan fingerprint density at radius 3 is 1.37 bits per heavy atom. The van der Waals surface area contributed by atoms with Crippen LogP contribution in [0.25, 0.3) is 0 Å². The third-order valence-electron chi connectivity index (χ3n) is 7.58. The predicted octanol–water partition coefficient (Wildman–Crippen LogP) is 8.21. The summed E-state index contributed by atoms with van der Waals surface area (Å²) < 4.78 is 0. The van der Waals surface area contributed by atoms with Crippen LogP contribution in [0.4, 0.5) is 0 Å². The lowest BCUT2D eigenvalue weighted by molar-refractivity contribution is 0.107. The first-order valence-corrected chi connectivity index (χ1v) is 12.0. The third-order valence-corrected chi connectivity index (χ3v) is 7.77. The fourth-order valence-corrected chi connectivity index (χ4v) is 6.30. The van der Waals surface area contributed by atoms with E-state index in [2.05, 4.69) is 12.1 Å². The minimum absolute atomic E-state index is 0.202. The molecule has 3 aliphatic carbocycles. The molecule has 0 saturated heterocycles. The van der Waals surface area contributed by atoms with Gasteiger partial charge in [0.2, 0.25) is 0 Å². The van der Waals surface area contributed by atoms with Crippen LogP contribution in [0, 0.1) is 0 Å². The number of carbonyl (C=O) groups is 1. The zero-order valence-electron chi connectivity index (χ0n) is 16.8. The molecule has 0 atom stereocenters. The van der Waals surface area contributed by atoms with Gasteiger partial charge >= 0.3 is 0 Å². The van der Waals surface area contributed by atoms with Crippen molar-refractivity contribution in [3.05, 3.63) is 34.4 Å². The van der Waals surface area contributed by atoms with E-state index in [0.29, 0.717) is 17.8 Å². The molecular formula is C25H35ClO. The van der Waals surface area contributed by atoms with E-state index in [-0.39, 0.29) is 5.24 Å². The highest BCUT2D eigenvalue weighted by Crippen LogP contribution is 2.44. The summed E-state index contributed by atoms with van der Waals surface area (Å²) in [6.07, 6.45) is 19.6. The Balaban J connectivity index is 1.79. The lowest BCUT2D eigenvalue weighted by atomic mass is 9.73. The molecule has 3 fully saturated rings. The second kappa shape index (κ2) is 9.12. The fraction of sp³-hybridized carbons (Fsp3) is 0.720. The van der Waals surface area contributed by atoms with Gasteiger partial charge in [-0.1, -0.05) is 69.9 Å². The average molecular weight is 387 g/mol. The molecule has 0 radical (unpaired) electrons. The number of benzene rings is 1. The summed E-state index contributed by atoms with van der Waals surface area (Å²) in [6, 6.07) is 4.85. The lowest BCUT2D eigenvalue weighted by Crippen LogP contribution is -2.17. The first-order chi connectivity index (χ1) is 13.2. The van der Waals surface area contributed by atoms with E-state index in [4.69, 9.17) is 11.6 Å². The molecule has 1 aromatic carbocycles. The minimum Gasteiger partial charge on any atom is -0.276 e. The molecule has 3 saturated carbocycles. The normalized spacial score (nSPS) is 23.4. The first-order valence-electron chi connectivity index (χ1n) is 11.6. The number of halogens is 1. The van der Waals surface area contributed by atoms with Crippen molar-refractivity contribution >= 4 is 16.8 Å². The van der Waals surface area contributed by atoms with Gasteiger partial charge in [-0.2, -0.15) is 0 Å². The summed E-state index contributed by atoms with van der Waals surface area (Å²) in [4.78, 5) is 12.6. The van der Waals surface area contributed by atoms with Crippen molar-refractivity contribution in [2.24, 2.45) is 0 Å². The van der Waals surface area contributed by atoms with Gasteiger partial charge in [-0.25, -0.2) is 0 Å². The van der Waals surface area contributed by atoms with E-state index < -0.39 is 0 Å². The van der Waals surface area contributed by atoms with Gasteiger partial charge in [-0.05, 0) is 84.6 Å². The van der Waals surface area contributed by atoms with Crippen molar-refractivity contribution < 1.29 is 4.79 Å². The molecule has 0 aliphatic heterocycles. The monoisotopic (exact) mass is 386 g/mol. The standard InChI is InChI=1S/C25H35ClO/c26-25(27)24-22(19-12-6-2-7-13-19)16-21(18-10-4-1-5-11-18)17-23(24)20-14-8-3-9-15-20/h16-20H,1-15H2. The van der Waals surface area contributed by atoms with E-state index in [1.165, 1.54) is 113 Å². The van der Waals surface area contributed by atoms with Crippen molar-refractivity contribution in [1.29, 1.82) is 0 Å². The van der Waals surface area contributed by atoms with Gasteiger partial charge in [0.25, 0.3) is 5.24 Å². The molecule has 1 nitrogen and oxygen atoms in total. The average Bonchev–Trinajstić information content (AvgIpc) is 2.74. The zero-order chi connectivity index (χ0) is 18.6. The third kappa shape index (κ3) is 4.44. The predicted molar refractivity (Wildman–Crippen MR) is 114 cm³/mol. The lowest BCUT2D eigenvalue weighted by Gasteiger charge is -2.31. The van der Waals surface area contributed by atoms with Gasteiger partial charge in [0.1, 0.15) is 0 Å². The Morgan fingerprint density at radius 1 is 0.630 bits per heavy atom. The summed E-state index contributed by atoms with van der Waals surface area (Å²) in [5, 5.41) is -0.202. The van der Waals surface area contributed by atoms with Gasteiger partial charge in [0.05, 0.1) is 0 Å². The van der Waals surface area contributed by atoms with Crippen molar-refractivity contribution in [2.45, 2.75) is 114 Å². The molecule has 0 heterocycles. The maximum absolute atomic E-state index is 12.6. The summed E-state index contributed by atoms with van der Waals surface area (Å²) in [5.41, 5.74) is 5.07. The van der Waals surface area contributed by atoms with Crippen LogP contribution in [0.2, 0.25) is 0 Å². The van der Waals surface area contributed by atoms with Crippen molar-refractivity contribution in [2.75, 3.05) is 0 Å². The zero-order valence-corrected chi connectivity index (χ0v) is 17.5. The quantitative estimate of drug-likeness (QED) is 0.476. The molecule has 0 bridgehead atoms. The molecule has 0 N–H and O–H groups in total. The number of carbonyl (C=O) groups excluding carboxylic acids is 1. The topological polar surface area (TPSA) is 17.1 Å².